The summed E-state index contributed by atoms with van der Waals surface area (Å²) < 4.78 is 26.3. The minimum Gasteiger partial charge on any atom is -0.491 e. The molecule has 0 aliphatic rings. The lowest BCUT2D eigenvalue weighted by Crippen LogP contribution is -2.09. The van der Waals surface area contributed by atoms with Gasteiger partial charge in [-0.05, 0) is 84.5 Å². The Hall–Kier alpha value is -4.01. The maximum atomic E-state index is 12.9. The van der Waals surface area contributed by atoms with Crippen molar-refractivity contribution in [2.75, 3.05) is 25.1 Å². The second-order valence-electron chi connectivity index (χ2n) is 10.3. The summed E-state index contributed by atoms with van der Waals surface area (Å²) in [7, 11) is -1.20. The molecule has 43 heavy (non-hydrogen) atoms. The predicted octanol–water partition coefficient (Wildman–Crippen LogP) is 7.51. The molecule has 7 nitrogen and oxygen atoms in total. The minimum absolute atomic E-state index is 0.222. The van der Waals surface area contributed by atoms with Crippen molar-refractivity contribution in [1.82, 2.24) is 9.55 Å². The first-order valence-electron chi connectivity index (χ1n) is 14.8. The summed E-state index contributed by atoms with van der Waals surface area (Å²) >= 11 is 0. The minimum atomic E-state index is -1.20. The van der Waals surface area contributed by atoms with Crippen molar-refractivity contribution in [2.24, 2.45) is 0 Å². The van der Waals surface area contributed by atoms with Gasteiger partial charge in [-0.15, -0.1) is 0 Å². The molecule has 226 valence electrons. The third-order valence-corrected chi connectivity index (χ3v) is 8.27. The van der Waals surface area contributed by atoms with Gasteiger partial charge < -0.3 is 19.4 Å². The zero-order chi connectivity index (χ0) is 30.4. The molecule has 4 aromatic rings. The first-order chi connectivity index (χ1) is 21.0. The quantitative estimate of drug-likeness (QED) is 0.107. The molecule has 0 saturated carbocycles. The number of benzene rings is 3. The van der Waals surface area contributed by atoms with Crippen LogP contribution >= 0.6 is 0 Å². The van der Waals surface area contributed by atoms with E-state index in [1.54, 1.807) is 42.9 Å². The zero-order valence-electron chi connectivity index (χ0n) is 25.3. The molecule has 4 rings (SSSR count). The van der Waals surface area contributed by atoms with Gasteiger partial charge in [-0.3, -0.25) is 9.00 Å². The molecule has 0 saturated heterocycles. The van der Waals surface area contributed by atoms with Crippen LogP contribution in [0.1, 0.15) is 51.3 Å². The molecule has 0 bridgehead atoms. The summed E-state index contributed by atoms with van der Waals surface area (Å²) in [6.45, 7) is 8.91. The lowest BCUT2D eigenvalue weighted by molar-refractivity contribution is -0.111. The number of aryl methyl sites for hydroxylation is 1. The third-order valence-electron chi connectivity index (χ3n) is 6.92. The van der Waals surface area contributed by atoms with Crippen molar-refractivity contribution < 1.29 is 18.5 Å². The number of carbonyl (C=O) groups is 1. The predicted molar refractivity (Wildman–Crippen MR) is 174 cm³/mol. The Labute approximate surface area is 257 Å². The van der Waals surface area contributed by atoms with Gasteiger partial charge in [0.15, 0.2) is 0 Å². The monoisotopic (exact) mass is 599 g/mol. The van der Waals surface area contributed by atoms with Gasteiger partial charge in [-0.25, -0.2) is 4.98 Å². The maximum absolute atomic E-state index is 12.9. The number of amides is 1. The van der Waals surface area contributed by atoms with Crippen LogP contribution in [0.5, 0.6) is 5.75 Å². The van der Waals surface area contributed by atoms with E-state index in [0.717, 1.165) is 66.1 Å². The van der Waals surface area contributed by atoms with Crippen LogP contribution in [0.3, 0.4) is 0 Å². The Balaban J connectivity index is 1.31. The molecule has 1 aromatic heterocycles. The number of hydrogen-bond acceptors (Lipinski definition) is 5. The van der Waals surface area contributed by atoms with Gasteiger partial charge in [0.2, 0.25) is 5.91 Å². The lowest BCUT2D eigenvalue weighted by Gasteiger charge is -2.10. The van der Waals surface area contributed by atoms with Crippen molar-refractivity contribution in [3.05, 3.63) is 103 Å². The fourth-order valence-electron chi connectivity index (χ4n) is 4.53. The molecule has 0 aliphatic heterocycles. The number of aromatic nitrogens is 2. The summed E-state index contributed by atoms with van der Waals surface area (Å²) in [4.78, 5) is 17.7. The molecule has 0 radical (unpaired) electrons. The van der Waals surface area contributed by atoms with E-state index in [1.807, 2.05) is 47.9 Å². The van der Waals surface area contributed by atoms with Gasteiger partial charge in [-0.2, -0.15) is 0 Å². The second kappa shape index (κ2) is 16.6. The average Bonchev–Trinajstić information content (AvgIpc) is 3.46. The highest BCUT2D eigenvalue weighted by molar-refractivity contribution is 7.84. The highest BCUT2D eigenvalue weighted by Gasteiger charge is 2.10. The molecule has 0 unspecified atom stereocenters. The number of hydrogen-bond donors (Lipinski definition) is 1. The molecule has 1 atom stereocenters. The van der Waals surface area contributed by atoms with Crippen LogP contribution in [0.2, 0.25) is 0 Å². The summed E-state index contributed by atoms with van der Waals surface area (Å²) in [5.74, 6) is 0.991. The number of unbranched alkanes of at least 4 members (excludes halogenated alkanes) is 1. The summed E-state index contributed by atoms with van der Waals surface area (Å²) in [5.41, 5.74) is 5.54. The summed E-state index contributed by atoms with van der Waals surface area (Å²) in [6, 6.07) is 23.3. The van der Waals surface area contributed by atoms with Gasteiger partial charge in [0, 0.05) is 36.0 Å². The van der Waals surface area contributed by atoms with Gasteiger partial charge in [0.25, 0.3) is 0 Å². The summed E-state index contributed by atoms with van der Waals surface area (Å²) in [6.07, 6.45) is 8.33. The van der Waals surface area contributed by atoms with E-state index < -0.39 is 10.8 Å². The Morgan fingerprint density at radius 3 is 2.49 bits per heavy atom. The molecule has 8 heteroatoms. The Bertz CT molecular complexity index is 1510. The van der Waals surface area contributed by atoms with Crippen LogP contribution in [-0.4, -0.2) is 39.5 Å². The molecule has 0 aliphatic carbocycles. The second-order valence-corrected chi connectivity index (χ2v) is 11.8. The van der Waals surface area contributed by atoms with Gasteiger partial charge in [0.05, 0.1) is 35.2 Å². The fourth-order valence-corrected chi connectivity index (χ4v) is 5.65. The number of allylic oxidation sites excluding steroid dienone is 1. The van der Waals surface area contributed by atoms with Gasteiger partial charge in [0.1, 0.15) is 12.4 Å². The number of ether oxygens (including phenoxy) is 2. The van der Waals surface area contributed by atoms with Crippen molar-refractivity contribution in [2.45, 2.75) is 57.2 Å². The van der Waals surface area contributed by atoms with E-state index in [1.165, 1.54) is 0 Å². The van der Waals surface area contributed by atoms with E-state index in [4.69, 9.17) is 9.47 Å². The van der Waals surface area contributed by atoms with Crippen molar-refractivity contribution in [3.8, 4) is 16.9 Å². The van der Waals surface area contributed by atoms with Crippen LogP contribution < -0.4 is 10.1 Å². The number of anilines is 1. The number of nitrogens with one attached hydrogen (secondary N) is 1. The third kappa shape index (κ3) is 9.76. The van der Waals surface area contributed by atoms with Crippen LogP contribution in [0.15, 0.2) is 96.3 Å². The smallest absolute Gasteiger partial charge is 0.248 e. The van der Waals surface area contributed by atoms with Crippen LogP contribution in [0.4, 0.5) is 5.69 Å². The maximum Gasteiger partial charge on any atom is 0.248 e. The van der Waals surface area contributed by atoms with Crippen molar-refractivity contribution in [3.63, 3.8) is 0 Å². The first kappa shape index (κ1) is 31.9. The zero-order valence-corrected chi connectivity index (χ0v) is 26.1. The molecule has 3 aromatic carbocycles. The highest BCUT2D eigenvalue weighted by atomic mass is 32.2. The molecular formula is C35H41N3O4S. The van der Waals surface area contributed by atoms with Crippen LogP contribution in [-0.2, 0) is 32.6 Å². The van der Waals surface area contributed by atoms with E-state index in [-0.39, 0.29) is 5.91 Å². The topological polar surface area (TPSA) is 82.4 Å². The molecule has 1 N–H and O–H groups in total. The number of carbonyl (C=O) groups excluding carboxylic acids is 1. The van der Waals surface area contributed by atoms with Crippen LogP contribution in [0.25, 0.3) is 16.7 Å². The standard InChI is InChI=1S/C35H41N3O4S/c1-4-6-19-41-20-21-42-33-14-10-28(11-15-33)30-9-7-8-29(23-30)27(3)22-35(39)37-31-12-16-34(17-13-31)43(40)25-32-24-36-26-38(32)18-5-2/h7-17,22-24,26H,4-6,18-21,25H2,1-3H3,(H,37,39)/b27-22+/t43-/m1/s1. The van der Waals surface area contributed by atoms with Crippen molar-refractivity contribution in [1.29, 1.82) is 0 Å². The first-order valence-corrected chi connectivity index (χ1v) is 16.2. The Morgan fingerprint density at radius 2 is 1.74 bits per heavy atom. The highest BCUT2D eigenvalue weighted by Crippen LogP contribution is 2.26. The number of rotatable bonds is 16. The van der Waals surface area contributed by atoms with E-state index in [2.05, 4.69) is 36.3 Å². The normalized spacial score (nSPS) is 12.2. The largest absolute Gasteiger partial charge is 0.491 e. The van der Waals surface area contributed by atoms with Gasteiger partial charge >= 0.3 is 0 Å². The molecule has 0 spiro atoms. The molecule has 0 fully saturated rings. The van der Waals surface area contributed by atoms with Crippen LogP contribution in [0, 0.1) is 0 Å². The SMILES string of the molecule is CCCCOCCOc1ccc(-c2cccc(/C(C)=C/C(=O)Nc3ccc([S@](=O)Cc4cncn4CCC)cc3)c2)cc1. The Morgan fingerprint density at radius 1 is 0.953 bits per heavy atom. The number of imidazole rings is 1. The van der Waals surface area contributed by atoms with E-state index >= 15 is 0 Å². The summed E-state index contributed by atoms with van der Waals surface area (Å²) in [5, 5.41) is 2.91. The fraction of sp³-hybridized carbons (Fsp3) is 0.314. The Kier molecular flexibility index (Phi) is 12.3. The van der Waals surface area contributed by atoms with E-state index in [9.17, 15) is 9.00 Å². The number of nitrogens with zero attached hydrogens (tertiary/aromatic N) is 2. The molecule has 1 amide bonds. The van der Waals surface area contributed by atoms with Gasteiger partial charge in [-0.1, -0.05) is 50.6 Å². The molecule has 1 heterocycles. The lowest BCUT2D eigenvalue weighted by atomic mass is 9.99. The van der Waals surface area contributed by atoms with E-state index in [0.29, 0.717) is 29.5 Å². The van der Waals surface area contributed by atoms with Crippen molar-refractivity contribution >= 4 is 28.0 Å². The molecular weight excluding hydrogens is 558 g/mol. The average molecular weight is 600 g/mol.